The summed E-state index contributed by atoms with van der Waals surface area (Å²) in [5, 5.41) is 1.28. The van der Waals surface area contributed by atoms with Gasteiger partial charge in [-0.3, -0.25) is 0 Å². The fourth-order valence-electron chi connectivity index (χ4n) is 3.77. The number of rotatable bonds is 0. The van der Waals surface area contributed by atoms with Crippen molar-refractivity contribution in [2.45, 2.75) is 31.1 Å². The van der Waals surface area contributed by atoms with Crippen molar-refractivity contribution in [1.82, 2.24) is 0 Å². The molecule has 3 aliphatic carbocycles. The molecule has 0 nitrogen and oxygen atoms in total. The lowest BCUT2D eigenvalue weighted by Crippen LogP contribution is -2.19. The Morgan fingerprint density at radius 3 is 2.77 bits per heavy atom. The van der Waals surface area contributed by atoms with Crippen LogP contribution in [-0.2, 0) is 0 Å². The first kappa shape index (κ1) is 8.61. The average Bonchev–Trinajstić information content (AvgIpc) is 2.58. The van der Waals surface area contributed by atoms with Gasteiger partial charge in [-0.25, -0.2) is 0 Å². The van der Waals surface area contributed by atoms with Crippen molar-refractivity contribution >= 4 is 23.2 Å². The van der Waals surface area contributed by atoms with Gasteiger partial charge in [-0.2, -0.15) is 0 Å². The molecule has 0 radical (unpaired) electrons. The minimum atomic E-state index is 0.219. The van der Waals surface area contributed by atoms with E-state index >= 15 is 0 Å². The lowest BCUT2D eigenvalue weighted by Gasteiger charge is -2.23. The average molecular weight is 217 g/mol. The maximum Gasteiger partial charge on any atom is 0.0561 e. The van der Waals surface area contributed by atoms with Crippen LogP contribution >= 0.6 is 23.2 Å². The van der Waals surface area contributed by atoms with E-state index in [1.807, 2.05) is 0 Å². The number of allylic oxidation sites excluding steroid dienone is 2. The minimum Gasteiger partial charge on any atom is -0.118 e. The molecule has 0 aromatic heterocycles. The second-order valence-electron chi connectivity index (χ2n) is 4.76. The van der Waals surface area contributed by atoms with Crippen molar-refractivity contribution in [1.29, 1.82) is 0 Å². The summed E-state index contributed by atoms with van der Waals surface area (Å²) >= 11 is 12.6. The van der Waals surface area contributed by atoms with Crippen LogP contribution in [0.3, 0.4) is 0 Å². The van der Waals surface area contributed by atoms with Crippen LogP contribution in [0.2, 0.25) is 0 Å². The third-order valence-corrected chi connectivity index (χ3v) is 5.16. The Labute approximate surface area is 89.3 Å². The van der Waals surface area contributed by atoms with Crippen LogP contribution in [0.25, 0.3) is 0 Å². The zero-order valence-corrected chi connectivity index (χ0v) is 9.06. The van der Waals surface area contributed by atoms with Gasteiger partial charge in [-0.1, -0.05) is 24.1 Å². The molecule has 2 fully saturated rings. The number of hydrogen-bond acceptors (Lipinski definition) is 0. The number of hydrogen-bond donors (Lipinski definition) is 0. The van der Waals surface area contributed by atoms with Gasteiger partial charge in [0.1, 0.15) is 0 Å². The first-order valence-electron chi connectivity index (χ1n) is 5.28. The predicted molar refractivity (Wildman–Crippen MR) is 56.0 cm³/mol. The van der Waals surface area contributed by atoms with Crippen molar-refractivity contribution in [3.63, 3.8) is 0 Å². The molecule has 3 rings (SSSR count). The monoisotopic (exact) mass is 216 g/mol. The van der Waals surface area contributed by atoms with E-state index in [4.69, 9.17) is 23.2 Å². The first-order chi connectivity index (χ1) is 6.27. The normalized spacial score (nSPS) is 53.4. The van der Waals surface area contributed by atoms with Crippen molar-refractivity contribution in [2.24, 2.45) is 23.7 Å². The predicted octanol–water partition coefficient (Wildman–Crippen LogP) is 3.78. The van der Waals surface area contributed by atoms with Crippen LogP contribution in [0.1, 0.15) is 25.7 Å². The van der Waals surface area contributed by atoms with Gasteiger partial charge in [0.05, 0.1) is 5.38 Å². The van der Waals surface area contributed by atoms with Gasteiger partial charge in [0.25, 0.3) is 0 Å². The quantitative estimate of drug-likeness (QED) is 0.541. The highest BCUT2D eigenvalue weighted by Gasteiger charge is 2.50. The molecule has 0 heterocycles. The maximum atomic E-state index is 6.31. The summed E-state index contributed by atoms with van der Waals surface area (Å²) in [6, 6.07) is 0. The Morgan fingerprint density at radius 2 is 1.92 bits per heavy atom. The van der Waals surface area contributed by atoms with E-state index in [1.54, 1.807) is 0 Å². The van der Waals surface area contributed by atoms with Crippen molar-refractivity contribution in [3.8, 4) is 0 Å². The van der Waals surface area contributed by atoms with Crippen LogP contribution < -0.4 is 0 Å². The summed E-state index contributed by atoms with van der Waals surface area (Å²) in [5.41, 5.74) is 0. The summed E-state index contributed by atoms with van der Waals surface area (Å²) in [6.07, 6.45) is 7.54. The second kappa shape index (κ2) is 2.90. The summed E-state index contributed by atoms with van der Waals surface area (Å²) in [6.45, 7) is 0. The van der Waals surface area contributed by atoms with E-state index in [9.17, 15) is 0 Å². The van der Waals surface area contributed by atoms with Gasteiger partial charge < -0.3 is 0 Å². The van der Waals surface area contributed by atoms with Crippen LogP contribution in [0.5, 0.6) is 0 Å². The fraction of sp³-hybridized carbons (Fsp3) is 0.818. The van der Waals surface area contributed by atoms with Crippen molar-refractivity contribution < 1.29 is 0 Å². The highest BCUT2D eigenvalue weighted by molar-refractivity contribution is 6.31. The molecule has 0 aromatic carbocycles. The molecule has 13 heavy (non-hydrogen) atoms. The zero-order chi connectivity index (χ0) is 9.00. The lowest BCUT2D eigenvalue weighted by atomic mass is 9.89. The largest absolute Gasteiger partial charge is 0.118 e. The summed E-state index contributed by atoms with van der Waals surface area (Å²) in [4.78, 5) is 0. The third kappa shape index (κ3) is 1.11. The van der Waals surface area contributed by atoms with E-state index in [0.29, 0.717) is 5.92 Å². The molecule has 5 atom stereocenters. The van der Waals surface area contributed by atoms with Gasteiger partial charge in [-0.15, -0.1) is 11.6 Å². The Morgan fingerprint density at radius 1 is 1.15 bits per heavy atom. The zero-order valence-electron chi connectivity index (χ0n) is 7.55. The number of halogens is 2. The molecule has 0 saturated heterocycles. The topological polar surface area (TPSA) is 0 Å². The Balaban J connectivity index is 1.98. The molecule has 2 saturated carbocycles. The highest BCUT2D eigenvalue weighted by Crippen LogP contribution is 2.58. The van der Waals surface area contributed by atoms with Gasteiger partial charge in [0.2, 0.25) is 0 Å². The Kier molecular flexibility index (Phi) is 1.92. The Hall–Kier alpha value is 0.320. The summed E-state index contributed by atoms with van der Waals surface area (Å²) < 4.78 is 0. The fourth-order valence-corrected chi connectivity index (χ4v) is 4.65. The van der Waals surface area contributed by atoms with Crippen LogP contribution in [0, 0.1) is 23.7 Å². The molecule has 3 aliphatic rings. The van der Waals surface area contributed by atoms with Crippen molar-refractivity contribution in [2.75, 3.05) is 0 Å². The molecule has 0 aromatic rings. The maximum absolute atomic E-state index is 6.31. The van der Waals surface area contributed by atoms with E-state index in [2.05, 4.69) is 6.08 Å². The highest BCUT2D eigenvalue weighted by atomic mass is 35.5. The number of fused-ring (bicyclic) bond motifs is 5. The number of alkyl halides is 1. The smallest absolute Gasteiger partial charge is 0.0561 e. The van der Waals surface area contributed by atoms with E-state index < -0.39 is 0 Å². The van der Waals surface area contributed by atoms with E-state index in [0.717, 1.165) is 22.8 Å². The molecule has 2 heteroatoms. The molecule has 5 unspecified atom stereocenters. The second-order valence-corrected chi connectivity index (χ2v) is 5.70. The first-order valence-corrected chi connectivity index (χ1v) is 6.10. The van der Waals surface area contributed by atoms with Crippen LogP contribution in [-0.4, -0.2) is 5.38 Å². The van der Waals surface area contributed by atoms with Gasteiger partial charge >= 0.3 is 0 Å². The summed E-state index contributed by atoms with van der Waals surface area (Å²) in [5.74, 6) is 3.17. The third-order valence-electron chi connectivity index (χ3n) is 4.30. The summed E-state index contributed by atoms with van der Waals surface area (Å²) in [7, 11) is 0. The molecule has 0 N–H and O–H groups in total. The molecule has 72 valence electrons. The van der Waals surface area contributed by atoms with Crippen LogP contribution in [0.15, 0.2) is 11.1 Å². The van der Waals surface area contributed by atoms with Gasteiger partial charge in [0.15, 0.2) is 0 Å². The SMILES string of the molecule is ClC1=CC(Cl)C2CC1C1CCCC21. The van der Waals surface area contributed by atoms with E-state index in [-0.39, 0.29) is 5.38 Å². The lowest BCUT2D eigenvalue weighted by molar-refractivity contribution is 0.357. The minimum absolute atomic E-state index is 0.219. The molecular formula is C11H14Cl2. The molecule has 2 bridgehead atoms. The molecule has 0 amide bonds. The van der Waals surface area contributed by atoms with Crippen molar-refractivity contribution in [3.05, 3.63) is 11.1 Å². The molecular weight excluding hydrogens is 203 g/mol. The standard InChI is InChI=1S/C11H14Cl2/c12-10-5-11(13)9-4-8(10)6-2-1-3-7(6)9/h5-10H,1-4H2. The van der Waals surface area contributed by atoms with E-state index in [1.165, 1.54) is 25.7 Å². The molecule has 0 aliphatic heterocycles. The Bertz CT molecular complexity index is 259. The van der Waals surface area contributed by atoms with Crippen LogP contribution in [0.4, 0.5) is 0 Å². The van der Waals surface area contributed by atoms with Gasteiger partial charge in [0, 0.05) is 5.03 Å². The molecule has 0 spiro atoms. The van der Waals surface area contributed by atoms with Gasteiger partial charge in [-0.05, 0) is 42.9 Å².